The molecule has 0 saturated heterocycles. The summed E-state index contributed by atoms with van der Waals surface area (Å²) in [5.41, 5.74) is 3.66. The van der Waals surface area contributed by atoms with Crippen molar-refractivity contribution < 1.29 is 27.4 Å². The second-order valence-corrected chi connectivity index (χ2v) is 10.6. The molecule has 0 amide bonds. The Kier molecular flexibility index (Phi) is 7.97. The Bertz CT molecular complexity index is 1500. The van der Waals surface area contributed by atoms with Crippen LogP contribution < -0.4 is 9.47 Å². The molecule has 6 heteroatoms. The van der Waals surface area contributed by atoms with E-state index in [4.69, 9.17) is 9.47 Å². The molecule has 3 nitrogen and oxygen atoms in total. The molecular weight excluding hydrogens is 513 g/mol. The fraction of sp³-hybridized carbons (Fsp3) is 0.265. The van der Waals surface area contributed by atoms with E-state index in [1.54, 1.807) is 18.2 Å². The molecule has 0 fully saturated rings. The topological polar surface area (TPSA) is 35.5 Å². The number of halogens is 3. The second-order valence-electron chi connectivity index (χ2n) is 10.6. The van der Waals surface area contributed by atoms with E-state index in [2.05, 4.69) is 26.0 Å². The maximum atomic E-state index is 14.7. The van der Waals surface area contributed by atoms with Gasteiger partial charge in [0.15, 0.2) is 17.3 Å². The van der Waals surface area contributed by atoms with Crippen LogP contribution in [0.5, 0.6) is 11.5 Å². The van der Waals surface area contributed by atoms with Crippen LogP contribution in [0.3, 0.4) is 0 Å². The summed E-state index contributed by atoms with van der Waals surface area (Å²) in [6.07, 6.45) is 7.25. The number of hydrogen-bond acceptors (Lipinski definition) is 3. The highest BCUT2D eigenvalue weighted by atomic mass is 19.1. The largest absolute Gasteiger partial charge is 0.493 e. The van der Waals surface area contributed by atoms with Gasteiger partial charge in [-0.3, -0.25) is 4.79 Å². The van der Waals surface area contributed by atoms with Crippen LogP contribution in [0.1, 0.15) is 60.0 Å². The van der Waals surface area contributed by atoms with E-state index in [9.17, 15) is 18.0 Å². The zero-order chi connectivity index (χ0) is 28.4. The van der Waals surface area contributed by atoms with Gasteiger partial charge in [-0.1, -0.05) is 68.0 Å². The van der Waals surface area contributed by atoms with E-state index in [-0.39, 0.29) is 17.3 Å². The van der Waals surface area contributed by atoms with Crippen LogP contribution >= 0.6 is 0 Å². The van der Waals surface area contributed by atoms with Gasteiger partial charge in [-0.25, -0.2) is 13.2 Å². The molecule has 0 saturated carbocycles. The lowest BCUT2D eigenvalue weighted by Crippen LogP contribution is -2.14. The van der Waals surface area contributed by atoms with E-state index >= 15 is 0 Å². The molecule has 0 aromatic heterocycles. The first-order valence-corrected chi connectivity index (χ1v) is 13.4. The minimum absolute atomic E-state index is 0.262. The quantitative estimate of drug-likeness (QED) is 0.254. The molecule has 0 spiro atoms. The standard InChI is InChI=1S/C34H31F3O3/c1-20(2)23-11-10-21(16-23)19-40-31-9-4-6-26(34(31)39-3)27-17-24(22-12-14-25(35)15-13-22)18-28(27)33(38)32-29(36)7-5-8-30(32)37/h4-15,18,20,24,27H,16-17,19H2,1-3H3. The van der Waals surface area contributed by atoms with Crippen LogP contribution in [-0.4, -0.2) is 19.5 Å². The van der Waals surface area contributed by atoms with Crippen molar-refractivity contribution in [3.05, 3.63) is 130 Å². The molecule has 5 rings (SSSR count). The number of para-hydroxylation sites is 1. The summed E-state index contributed by atoms with van der Waals surface area (Å²) in [7, 11) is 1.53. The fourth-order valence-electron chi connectivity index (χ4n) is 5.52. The third-order valence-corrected chi connectivity index (χ3v) is 7.70. The molecule has 0 heterocycles. The van der Waals surface area contributed by atoms with Gasteiger partial charge in [0.1, 0.15) is 24.1 Å². The molecule has 2 unspecified atom stereocenters. The van der Waals surface area contributed by atoms with Crippen LogP contribution in [0.4, 0.5) is 13.2 Å². The van der Waals surface area contributed by atoms with Gasteiger partial charge in [0.2, 0.25) is 0 Å². The van der Waals surface area contributed by atoms with Crippen molar-refractivity contribution in [2.24, 2.45) is 5.92 Å². The molecule has 0 aliphatic heterocycles. The van der Waals surface area contributed by atoms with Crippen LogP contribution in [0, 0.1) is 23.4 Å². The van der Waals surface area contributed by atoms with Crippen LogP contribution in [0.2, 0.25) is 0 Å². The summed E-state index contributed by atoms with van der Waals surface area (Å²) in [6.45, 7) is 4.71. The van der Waals surface area contributed by atoms with Gasteiger partial charge in [0.05, 0.1) is 12.7 Å². The fourth-order valence-corrected chi connectivity index (χ4v) is 5.52. The van der Waals surface area contributed by atoms with Crippen molar-refractivity contribution in [1.82, 2.24) is 0 Å². The van der Waals surface area contributed by atoms with Gasteiger partial charge < -0.3 is 9.47 Å². The highest BCUT2D eigenvalue weighted by molar-refractivity contribution is 6.10. The molecular formula is C34H31F3O3. The van der Waals surface area contributed by atoms with E-state index in [1.165, 1.54) is 30.9 Å². The second kappa shape index (κ2) is 11.6. The number of benzene rings is 3. The van der Waals surface area contributed by atoms with Gasteiger partial charge in [0.25, 0.3) is 0 Å². The Morgan fingerprint density at radius 3 is 2.30 bits per heavy atom. The average Bonchev–Trinajstić information content (AvgIpc) is 3.60. The number of ether oxygens (including phenoxy) is 2. The Labute approximate surface area is 232 Å². The van der Waals surface area contributed by atoms with E-state index < -0.39 is 28.9 Å². The molecule has 2 aliphatic carbocycles. The van der Waals surface area contributed by atoms with Crippen LogP contribution in [0.15, 0.2) is 95.6 Å². The Balaban J connectivity index is 1.49. The monoisotopic (exact) mass is 544 g/mol. The van der Waals surface area contributed by atoms with Gasteiger partial charge in [-0.2, -0.15) is 0 Å². The van der Waals surface area contributed by atoms with Gasteiger partial charge in [-0.15, -0.1) is 0 Å². The van der Waals surface area contributed by atoms with Crippen LogP contribution in [0.25, 0.3) is 0 Å². The van der Waals surface area contributed by atoms with Crippen molar-refractivity contribution in [1.29, 1.82) is 0 Å². The lowest BCUT2D eigenvalue weighted by Gasteiger charge is -2.21. The summed E-state index contributed by atoms with van der Waals surface area (Å²) >= 11 is 0. The summed E-state index contributed by atoms with van der Waals surface area (Å²) < 4.78 is 55.0. The Morgan fingerprint density at radius 2 is 1.65 bits per heavy atom. The molecule has 2 aliphatic rings. The number of Topliss-reactive ketones (excluding diaryl/α,β-unsaturated/α-hetero) is 1. The highest BCUT2D eigenvalue weighted by Crippen LogP contribution is 2.49. The van der Waals surface area contributed by atoms with Crippen molar-refractivity contribution in [2.75, 3.05) is 13.7 Å². The number of rotatable bonds is 9. The average molecular weight is 545 g/mol. The molecule has 0 radical (unpaired) electrons. The zero-order valence-electron chi connectivity index (χ0n) is 22.7. The number of allylic oxidation sites excluding steroid dienone is 5. The summed E-state index contributed by atoms with van der Waals surface area (Å²) in [5.74, 6) is -2.27. The summed E-state index contributed by atoms with van der Waals surface area (Å²) in [4.78, 5) is 13.7. The molecule has 206 valence electrons. The summed E-state index contributed by atoms with van der Waals surface area (Å²) in [5, 5.41) is 0. The number of carbonyl (C=O) groups excluding carboxylic acids is 1. The number of hydrogen-bond donors (Lipinski definition) is 0. The smallest absolute Gasteiger partial charge is 0.195 e. The SMILES string of the molecule is COc1c(OCC2=CC=C(C(C)C)C2)cccc1C1CC(c2ccc(F)cc2)C=C1C(=O)c1c(F)cccc1F. The number of methoxy groups -OCH3 is 1. The normalized spacial score (nSPS) is 18.4. The van der Waals surface area contributed by atoms with Crippen molar-refractivity contribution in [3.8, 4) is 11.5 Å². The highest BCUT2D eigenvalue weighted by Gasteiger charge is 2.37. The lowest BCUT2D eigenvalue weighted by atomic mass is 9.86. The zero-order valence-corrected chi connectivity index (χ0v) is 22.7. The Morgan fingerprint density at radius 1 is 0.950 bits per heavy atom. The van der Waals surface area contributed by atoms with Crippen molar-refractivity contribution in [2.45, 2.75) is 38.5 Å². The third kappa shape index (κ3) is 5.48. The first-order chi connectivity index (χ1) is 19.3. The van der Waals surface area contributed by atoms with E-state index in [1.807, 2.05) is 18.2 Å². The minimum atomic E-state index is -0.918. The predicted molar refractivity (Wildman–Crippen MR) is 149 cm³/mol. The molecule has 3 aromatic rings. The molecule has 40 heavy (non-hydrogen) atoms. The first-order valence-electron chi connectivity index (χ1n) is 13.4. The minimum Gasteiger partial charge on any atom is -0.493 e. The molecule has 3 aromatic carbocycles. The van der Waals surface area contributed by atoms with Gasteiger partial charge in [-0.05, 0) is 60.2 Å². The van der Waals surface area contributed by atoms with Gasteiger partial charge in [0, 0.05) is 23.0 Å². The van der Waals surface area contributed by atoms with E-state index in [0.717, 1.165) is 29.7 Å². The maximum absolute atomic E-state index is 14.7. The van der Waals surface area contributed by atoms with Crippen LogP contribution in [-0.2, 0) is 0 Å². The molecule has 0 N–H and O–H groups in total. The molecule has 2 atom stereocenters. The van der Waals surface area contributed by atoms with Crippen molar-refractivity contribution >= 4 is 5.78 Å². The number of carbonyl (C=O) groups is 1. The van der Waals surface area contributed by atoms with Gasteiger partial charge >= 0.3 is 0 Å². The van der Waals surface area contributed by atoms with E-state index in [0.29, 0.717) is 36.0 Å². The first kappa shape index (κ1) is 27.5. The maximum Gasteiger partial charge on any atom is 0.195 e. The predicted octanol–water partition coefficient (Wildman–Crippen LogP) is 8.48. The lowest BCUT2D eigenvalue weighted by molar-refractivity contribution is 0.102. The number of ketones is 1. The Hall–Kier alpha value is -4.06. The third-order valence-electron chi connectivity index (χ3n) is 7.70. The summed E-state index contributed by atoms with van der Waals surface area (Å²) in [6, 6.07) is 14.9. The van der Waals surface area contributed by atoms with Crippen molar-refractivity contribution in [3.63, 3.8) is 0 Å². The molecule has 0 bridgehead atoms.